The third-order valence-electron chi connectivity index (χ3n) is 3.72. The minimum Gasteiger partial charge on any atom is -0.350 e. The van der Waals surface area contributed by atoms with Crippen LogP contribution in [-0.4, -0.2) is 36.0 Å². The maximum Gasteiger partial charge on any atom is 0.239 e. The first-order valence-electron chi connectivity index (χ1n) is 7.60. The van der Waals surface area contributed by atoms with Crippen LogP contribution in [0.1, 0.15) is 31.7 Å². The molecule has 1 atom stereocenters. The molecule has 0 radical (unpaired) electrons. The van der Waals surface area contributed by atoms with Crippen LogP contribution in [0.3, 0.4) is 0 Å². The summed E-state index contributed by atoms with van der Waals surface area (Å²) >= 11 is 5.81. The number of benzene rings is 1. The van der Waals surface area contributed by atoms with Gasteiger partial charge >= 0.3 is 0 Å². The summed E-state index contributed by atoms with van der Waals surface area (Å²) in [6.07, 6.45) is 2.51. The summed E-state index contributed by atoms with van der Waals surface area (Å²) in [5, 5.41) is 6.78. The Bertz CT molecular complexity index is 519. The minimum absolute atomic E-state index is 0.0406. The maximum atomic E-state index is 12.0. The molecule has 2 rings (SSSR count). The molecule has 5 nitrogen and oxygen atoms in total. The molecule has 1 saturated heterocycles. The van der Waals surface area contributed by atoms with Gasteiger partial charge in [0, 0.05) is 24.0 Å². The van der Waals surface area contributed by atoms with E-state index >= 15 is 0 Å². The number of hydrogen-bond acceptors (Lipinski definition) is 3. The summed E-state index contributed by atoms with van der Waals surface area (Å²) in [5.74, 6) is -0.113. The van der Waals surface area contributed by atoms with Gasteiger partial charge in [-0.3, -0.25) is 14.9 Å². The van der Waals surface area contributed by atoms with E-state index < -0.39 is 0 Å². The molecule has 2 amide bonds. The highest BCUT2D eigenvalue weighted by Gasteiger charge is 2.25. The Morgan fingerprint density at radius 2 is 2.14 bits per heavy atom. The lowest BCUT2D eigenvalue weighted by molar-refractivity contribution is -0.139. The average molecular weight is 324 g/mol. The van der Waals surface area contributed by atoms with Gasteiger partial charge in [-0.2, -0.15) is 0 Å². The highest BCUT2D eigenvalue weighted by Crippen LogP contribution is 2.11. The van der Waals surface area contributed by atoms with Gasteiger partial charge in [0.2, 0.25) is 11.8 Å². The molecule has 0 bridgehead atoms. The first-order chi connectivity index (χ1) is 10.6. The van der Waals surface area contributed by atoms with Gasteiger partial charge in [-0.15, -0.1) is 0 Å². The van der Waals surface area contributed by atoms with Crippen LogP contribution >= 0.6 is 11.6 Å². The molecule has 120 valence electrons. The van der Waals surface area contributed by atoms with E-state index in [4.69, 9.17) is 11.6 Å². The molecule has 0 aliphatic carbocycles. The van der Waals surface area contributed by atoms with Crippen molar-refractivity contribution >= 4 is 23.4 Å². The van der Waals surface area contributed by atoms with E-state index in [9.17, 15) is 9.59 Å². The van der Waals surface area contributed by atoms with E-state index in [0.717, 1.165) is 18.4 Å². The normalized spacial score (nSPS) is 18.4. The number of halogens is 1. The second-order valence-corrected chi connectivity index (χ2v) is 5.98. The van der Waals surface area contributed by atoms with Crippen molar-refractivity contribution in [2.75, 3.05) is 13.2 Å². The SMILES string of the molecule is CCCC1CC(=O)N(CC(=O)NCc2ccc(Cl)cc2)CN1. The molecule has 6 heteroatoms. The van der Waals surface area contributed by atoms with Gasteiger partial charge < -0.3 is 10.2 Å². The molecule has 1 heterocycles. The van der Waals surface area contributed by atoms with Gasteiger partial charge in [-0.1, -0.05) is 37.1 Å². The zero-order valence-corrected chi connectivity index (χ0v) is 13.5. The fourth-order valence-corrected chi connectivity index (χ4v) is 2.59. The molecule has 0 spiro atoms. The Morgan fingerprint density at radius 1 is 1.41 bits per heavy atom. The van der Waals surface area contributed by atoms with Gasteiger partial charge in [0.25, 0.3) is 0 Å². The van der Waals surface area contributed by atoms with Crippen molar-refractivity contribution in [3.8, 4) is 0 Å². The predicted octanol–water partition coefficient (Wildman–Crippen LogP) is 1.90. The average Bonchev–Trinajstić information content (AvgIpc) is 2.50. The van der Waals surface area contributed by atoms with Gasteiger partial charge in [-0.05, 0) is 24.1 Å². The Hall–Kier alpha value is -1.59. The summed E-state index contributed by atoms with van der Waals surface area (Å²) in [6, 6.07) is 7.55. The molecule has 1 unspecified atom stereocenters. The third-order valence-corrected chi connectivity index (χ3v) is 3.97. The molecule has 0 saturated carbocycles. The first-order valence-corrected chi connectivity index (χ1v) is 7.98. The zero-order valence-electron chi connectivity index (χ0n) is 12.8. The molecule has 1 aromatic rings. The van der Waals surface area contributed by atoms with Gasteiger partial charge in [0.1, 0.15) is 6.54 Å². The Kier molecular flexibility index (Phi) is 6.21. The number of hydrogen-bond donors (Lipinski definition) is 2. The number of nitrogens with one attached hydrogen (secondary N) is 2. The molecule has 1 aliphatic heterocycles. The quantitative estimate of drug-likeness (QED) is 0.840. The molecule has 2 N–H and O–H groups in total. The van der Waals surface area contributed by atoms with Crippen LogP contribution in [0, 0.1) is 0 Å². The van der Waals surface area contributed by atoms with Crippen LogP contribution in [-0.2, 0) is 16.1 Å². The smallest absolute Gasteiger partial charge is 0.239 e. The third kappa shape index (κ3) is 5.00. The molecule has 22 heavy (non-hydrogen) atoms. The standard InChI is InChI=1S/C16H22ClN3O2/c1-2-3-14-8-16(22)20(11-19-14)10-15(21)18-9-12-4-6-13(17)7-5-12/h4-7,14,19H,2-3,8-11H2,1H3,(H,18,21). The lowest BCUT2D eigenvalue weighted by atomic mass is 10.1. The number of rotatable bonds is 6. The van der Waals surface area contributed by atoms with Gasteiger partial charge in [0.05, 0.1) is 6.67 Å². The Balaban J connectivity index is 1.75. The minimum atomic E-state index is -0.154. The molecule has 0 aromatic heterocycles. The van der Waals surface area contributed by atoms with Crippen LogP contribution < -0.4 is 10.6 Å². The van der Waals surface area contributed by atoms with Gasteiger partial charge in [-0.25, -0.2) is 0 Å². The van der Waals surface area contributed by atoms with Crippen molar-refractivity contribution in [2.24, 2.45) is 0 Å². The van der Waals surface area contributed by atoms with Crippen molar-refractivity contribution in [1.29, 1.82) is 0 Å². The maximum absolute atomic E-state index is 12.0. The van der Waals surface area contributed by atoms with Crippen LogP contribution in [0.2, 0.25) is 5.02 Å². The summed E-state index contributed by atoms with van der Waals surface area (Å²) in [7, 11) is 0. The van der Waals surface area contributed by atoms with Crippen molar-refractivity contribution in [3.63, 3.8) is 0 Å². The number of carbonyl (C=O) groups is 2. The van der Waals surface area contributed by atoms with E-state index in [1.807, 2.05) is 12.1 Å². The summed E-state index contributed by atoms with van der Waals surface area (Å²) in [5.41, 5.74) is 0.976. The van der Waals surface area contributed by atoms with Crippen molar-refractivity contribution in [3.05, 3.63) is 34.9 Å². The van der Waals surface area contributed by atoms with Crippen LogP contribution in [0.25, 0.3) is 0 Å². The summed E-state index contributed by atoms with van der Waals surface area (Å²) < 4.78 is 0. The first kappa shape index (κ1) is 16.8. The largest absolute Gasteiger partial charge is 0.350 e. The van der Waals surface area contributed by atoms with Crippen LogP contribution in [0.15, 0.2) is 24.3 Å². The fraction of sp³-hybridized carbons (Fsp3) is 0.500. The second kappa shape index (κ2) is 8.15. The molecule has 1 fully saturated rings. The Morgan fingerprint density at radius 3 is 2.77 bits per heavy atom. The van der Waals surface area contributed by atoms with Crippen molar-refractivity contribution in [2.45, 2.75) is 38.8 Å². The predicted molar refractivity (Wildman–Crippen MR) is 86.3 cm³/mol. The van der Waals surface area contributed by atoms with Crippen molar-refractivity contribution < 1.29 is 9.59 Å². The lowest BCUT2D eigenvalue weighted by Gasteiger charge is -2.32. The van der Waals surface area contributed by atoms with E-state index in [1.54, 1.807) is 17.0 Å². The summed E-state index contributed by atoms with van der Waals surface area (Å²) in [6.45, 7) is 3.07. The highest BCUT2D eigenvalue weighted by atomic mass is 35.5. The number of amides is 2. The fourth-order valence-electron chi connectivity index (χ4n) is 2.47. The van der Waals surface area contributed by atoms with E-state index in [0.29, 0.717) is 24.7 Å². The molecular formula is C16H22ClN3O2. The molecule has 1 aromatic carbocycles. The topological polar surface area (TPSA) is 61.4 Å². The monoisotopic (exact) mass is 323 g/mol. The highest BCUT2D eigenvalue weighted by molar-refractivity contribution is 6.30. The Labute approximate surface area is 136 Å². The molecular weight excluding hydrogens is 302 g/mol. The van der Waals surface area contributed by atoms with E-state index in [2.05, 4.69) is 17.6 Å². The van der Waals surface area contributed by atoms with E-state index in [-0.39, 0.29) is 24.4 Å². The molecule has 1 aliphatic rings. The second-order valence-electron chi connectivity index (χ2n) is 5.55. The van der Waals surface area contributed by atoms with E-state index in [1.165, 1.54) is 0 Å². The van der Waals surface area contributed by atoms with Crippen molar-refractivity contribution in [1.82, 2.24) is 15.5 Å². The number of carbonyl (C=O) groups excluding carboxylic acids is 2. The lowest BCUT2D eigenvalue weighted by Crippen LogP contribution is -2.53. The summed E-state index contributed by atoms with van der Waals surface area (Å²) in [4.78, 5) is 25.5. The van der Waals surface area contributed by atoms with Gasteiger partial charge in [0.15, 0.2) is 0 Å². The van der Waals surface area contributed by atoms with Crippen LogP contribution in [0.5, 0.6) is 0 Å². The zero-order chi connectivity index (χ0) is 15.9. The van der Waals surface area contributed by atoms with Crippen LogP contribution in [0.4, 0.5) is 0 Å². The number of nitrogens with zero attached hydrogens (tertiary/aromatic N) is 1.